The monoisotopic (exact) mass is 270 g/mol. The highest BCUT2D eigenvalue weighted by Gasteiger charge is 2.23. The fourth-order valence-corrected chi connectivity index (χ4v) is 3.75. The lowest BCUT2D eigenvalue weighted by Crippen LogP contribution is -2.24. The van der Waals surface area contributed by atoms with E-state index >= 15 is 0 Å². The van der Waals surface area contributed by atoms with Crippen LogP contribution in [0.3, 0.4) is 0 Å². The highest BCUT2D eigenvalue weighted by Crippen LogP contribution is 2.20. The number of sulfone groups is 1. The van der Waals surface area contributed by atoms with Gasteiger partial charge >= 0.3 is 9.05 Å². The van der Waals surface area contributed by atoms with E-state index in [0.717, 1.165) is 6.42 Å². The van der Waals surface area contributed by atoms with E-state index in [4.69, 9.17) is 10.7 Å². The molecular formula is C8H11ClO4S2. The molecule has 1 unspecified atom stereocenters. The Kier molecular flexibility index (Phi) is 4.04. The van der Waals surface area contributed by atoms with Crippen LogP contribution in [0.2, 0.25) is 0 Å². The third kappa shape index (κ3) is 5.40. The van der Waals surface area contributed by atoms with Gasteiger partial charge in [0.1, 0.15) is 0 Å². The second-order valence-corrected chi connectivity index (χ2v) is 8.07. The van der Waals surface area contributed by atoms with Crippen LogP contribution in [0.5, 0.6) is 0 Å². The first kappa shape index (κ1) is 12.8. The van der Waals surface area contributed by atoms with Crippen LogP contribution in [0.25, 0.3) is 0 Å². The minimum atomic E-state index is -3.79. The number of halogens is 1. The summed E-state index contributed by atoms with van der Waals surface area (Å²) in [5, 5.41) is 1.89. The third-order valence-electron chi connectivity index (χ3n) is 2.14. The summed E-state index contributed by atoms with van der Waals surface area (Å²) < 4.78 is 43.4. The second kappa shape index (κ2) is 4.73. The van der Waals surface area contributed by atoms with Crippen LogP contribution in [0.1, 0.15) is 19.3 Å². The van der Waals surface area contributed by atoms with Gasteiger partial charge in [0.25, 0.3) is 0 Å². The van der Waals surface area contributed by atoms with Crippen LogP contribution in [0.15, 0.2) is 0 Å². The minimum absolute atomic E-state index is 0.0605. The van der Waals surface area contributed by atoms with Gasteiger partial charge in [-0.3, -0.25) is 0 Å². The Morgan fingerprint density at radius 3 is 2.60 bits per heavy atom. The van der Waals surface area contributed by atoms with Crippen molar-refractivity contribution in [1.82, 2.24) is 0 Å². The van der Waals surface area contributed by atoms with Crippen molar-refractivity contribution in [3.8, 4) is 11.2 Å². The minimum Gasteiger partial charge on any atom is -0.229 e. The zero-order chi connectivity index (χ0) is 11.5. The molecule has 0 amide bonds. The van der Waals surface area contributed by atoms with Crippen molar-refractivity contribution in [2.45, 2.75) is 19.3 Å². The van der Waals surface area contributed by atoms with E-state index in [0.29, 0.717) is 6.42 Å². The van der Waals surface area contributed by atoms with Gasteiger partial charge in [0.15, 0.2) is 9.84 Å². The smallest absolute Gasteiger partial charge is 0.229 e. The lowest BCUT2D eigenvalue weighted by atomic mass is 10.0. The van der Waals surface area contributed by atoms with Gasteiger partial charge < -0.3 is 0 Å². The first-order chi connectivity index (χ1) is 6.79. The number of rotatable bonds is 1. The maximum atomic E-state index is 11.2. The summed E-state index contributed by atoms with van der Waals surface area (Å²) in [5.41, 5.74) is 0. The predicted molar refractivity (Wildman–Crippen MR) is 58.5 cm³/mol. The normalized spacial score (nSPS) is 25.3. The van der Waals surface area contributed by atoms with Gasteiger partial charge in [0, 0.05) is 22.4 Å². The topological polar surface area (TPSA) is 68.3 Å². The standard InChI is InChI=1S/C8H11ClO4S2/c9-15(12,13)6-2-4-8-3-1-5-14(10,11)7-8/h8H,1,3-5,7H2. The SMILES string of the molecule is O=S(=O)(Cl)C#CCC1CCCS(=O)(=O)C1. The fraction of sp³-hybridized carbons (Fsp3) is 0.750. The van der Waals surface area contributed by atoms with E-state index in [1.165, 1.54) is 0 Å². The van der Waals surface area contributed by atoms with Crippen molar-refractivity contribution in [2.24, 2.45) is 5.92 Å². The Morgan fingerprint density at radius 2 is 2.07 bits per heavy atom. The van der Waals surface area contributed by atoms with Crippen LogP contribution in [-0.2, 0) is 18.9 Å². The molecule has 0 aromatic rings. The van der Waals surface area contributed by atoms with Crippen molar-refractivity contribution in [1.29, 1.82) is 0 Å². The Balaban J connectivity index is 2.56. The molecule has 1 rings (SSSR count). The lowest BCUT2D eigenvalue weighted by Gasteiger charge is -2.19. The van der Waals surface area contributed by atoms with Crippen LogP contribution < -0.4 is 0 Å². The summed E-state index contributed by atoms with van der Waals surface area (Å²) >= 11 is 0. The third-order valence-corrected chi connectivity index (χ3v) is 4.65. The summed E-state index contributed by atoms with van der Waals surface area (Å²) in [5.74, 6) is 2.67. The van der Waals surface area contributed by atoms with Crippen LogP contribution in [-0.4, -0.2) is 28.3 Å². The molecule has 7 heteroatoms. The summed E-state index contributed by atoms with van der Waals surface area (Å²) in [7, 11) is -1.85. The summed E-state index contributed by atoms with van der Waals surface area (Å²) in [6.07, 6.45) is 1.67. The zero-order valence-corrected chi connectivity index (χ0v) is 10.3. The molecule has 15 heavy (non-hydrogen) atoms. The number of hydrogen-bond acceptors (Lipinski definition) is 4. The van der Waals surface area contributed by atoms with Crippen LogP contribution >= 0.6 is 10.7 Å². The molecule has 0 aliphatic carbocycles. The Morgan fingerprint density at radius 1 is 1.40 bits per heavy atom. The van der Waals surface area contributed by atoms with E-state index in [-0.39, 0.29) is 23.8 Å². The van der Waals surface area contributed by atoms with Gasteiger partial charge in [-0.2, -0.15) is 8.42 Å². The molecule has 4 nitrogen and oxygen atoms in total. The summed E-state index contributed by atoms with van der Waals surface area (Å²) in [4.78, 5) is 0. The molecule has 86 valence electrons. The molecule has 1 aliphatic heterocycles. The zero-order valence-electron chi connectivity index (χ0n) is 7.94. The highest BCUT2D eigenvalue weighted by atomic mass is 35.7. The van der Waals surface area contributed by atoms with Gasteiger partial charge in [-0.15, -0.1) is 0 Å². The molecule has 0 aromatic carbocycles. The molecule has 0 saturated carbocycles. The highest BCUT2D eigenvalue weighted by molar-refractivity contribution is 8.17. The van der Waals surface area contributed by atoms with E-state index in [2.05, 4.69) is 5.92 Å². The molecule has 1 aliphatic rings. The molecule has 1 atom stereocenters. The molecule has 0 bridgehead atoms. The Hall–Kier alpha value is -0.250. The Labute approximate surface area is 94.3 Å². The van der Waals surface area contributed by atoms with Crippen molar-refractivity contribution >= 4 is 29.6 Å². The largest absolute Gasteiger partial charge is 0.300 e. The molecule has 0 N–H and O–H groups in total. The van der Waals surface area contributed by atoms with Gasteiger partial charge in [0.05, 0.1) is 11.5 Å². The van der Waals surface area contributed by atoms with Gasteiger partial charge in [-0.25, -0.2) is 8.42 Å². The lowest BCUT2D eigenvalue weighted by molar-refractivity contribution is 0.494. The van der Waals surface area contributed by atoms with Gasteiger partial charge in [0.2, 0.25) is 0 Å². The molecular weight excluding hydrogens is 260 g/mol. The van der Waals surface area contributed by atoms with Crippen LogP contribution in [0, 0.1) is 17.1 Å². The second-order valence-electron chi connectivity index (χ2n) is 3.54. The maximum absolute atomic E-state index is 11.2. The molecule has 1 fully saturated rings. The quantitative estimate of drug-likeness (QED) is 0.520. The molecule has 0 radical (unpaired) electrons. The van der Waals surface area contributed by atoms with E-state index in [1.807, 2.05) is 5.25 Å². The van der Waals surface area contributed by atoms with E-state index < -0.39 is 18.9 Å². The Bertz CT molecular complexity index is 480. The number of hydrogen-bond donors (Lipinski definition) is 0. The first-order valence-corrected chi connectivity index (χ1v) is 8.56. The first-order valence-electron chi connectivity index (χ1n) is 4.43. The molecule has 1 saturated heterocycles. The van der Waals surface area contributed by atoms with Crippen molar-refractivity contribution in [3.63, 3.8) is 0 Å². The van der Waals surface area contributed by atoms with E-state index in [1.54, 1.807) is 0 Å². The average molecular weight is 271 g/mol. The fourth-order valence-electron chi connectivity index (χ4n) is 1.55. The molecule has 0 spiro atoms. The van der Waals surface area contributed by atoms with Gasteiger partial charge in [-0.1, -0.05) is 5.92 Å². The van der Waals surface area contributed by atoms with Crippen LogP contribution in [0.4, 0.5) is 0 Å². The molecule has 1 heterocycles. The maximum Gasteiger partial charge on any atom is 0.300 e. The van der Waals surface area contributed by atoms with E-state index in [9.17, 15) is 16.8 Å². The molecule has 0 aromatic heterocycles. The van der Waals surface area contributed by atoms with Crippen molar-refractivity contribution in [2.75, 3.05) is 11.5 Å². The van der Waals surface area contributed by atoms with Crippen molar-refractivity contribution < 1.29 is 16.8 Å². The summed E-state index contributed by atoms with van der Waals surface area (Å²) in [6.45, 7) is 0. The average Bonchev–Trinajstić information content (AvgIpc) is 1.99. The van der Waals surface area contributed by atoms with Gasteiger partial charge in [-0.05, 0) is 18.8 Å². The predicted octanol–water partition coefficient (Wildman–Crippen LogP) is 0.731. The summed E-state index contributed by atoms with van der Waals surface area (Å²) in [6, 6.07) is 0. The van der Waals surface area contributed by atoms with Crippen molar-refractivity contribution in [3.05, 3.63) is 0 Å².